The smallest absolute Gasteiger partial charge is 0.259 e. The summed E-state index contributed by atoms with van der Waals surface area (Å²) < 4.78 is 0. The van der Waals surface area contributed by atoms with Crippen molar-refractivity contribution >= 4 is 46.4 Å². The molecule has 7 heteroatoms. The van der Waals surface area contributed by atoms with E-state index in [2.05, 4.69) is 16.7 Å². The minimum absolute atomic E-state index is 0.0747. The highest BCUT2D eigenvalue weighted by Gasteiger charge is 2.30. The fourth-order valence-electron chi connectivity index (χ4n) is 3.79. The molecule has 31 heavy (non-hydrogen) atoms. The minimum Gasteiger partial charge on any atom is -0.322 e. The third-order valence-corrected chi connectivity index (χ3v) is 5.75. The number of hydrogen-bond acceptors (Lipinski definition) is 3. The molecular weight excluding hydrogens is 433 g/mol. The van der Waals surface area contributed by atoms with Crippen molar-refractivity contribution in [3.8, 4) is 0 Å². The Balaban J connectivity index is 1.54. The highest BCUT2D eigenvalue weighted by molar-refractivity contribution is 6.35. The maximum Gasteiger partial charge on any atom is 0.259 e. The van der Waals surface area contributed by atoms with E-state index < -0.39 is 0 Å². The van der Waals surface area contributed by atoms with Gasteiger partial charge in [-0.15, -0.1) is 0 Å². The lowest BCUT2D eigenvalue weighted by molar-refractivity contribution is 0.0968. The summed E-state index contributed by atoms with van der Waals surface area (Å²) in [5.74, 6) is -0.422. The summed E-state index contributed by atoms with van der Waals surface area (Å²) in [6.07, 6.45) is 1.69. The molecule has 2 amide bonds. The van der Waals surface area contributed by atoms with E-state index in [-0.39, 0.29) is 18.0 Å². The molecule has 0 saturated carbocycles. The summed E-state index contributed by atoms with van der Waals surface area (Å²) in [4.78, 5) is 27.6. The molecule has 158 valence electrons. The predicted molar refractivity (Wildman–Crippen MR) is 125 cm³/mol. The number of halogens is 2. The van der Waals surface area contributed by atoms with E-state index in [0.29, 0.717) is 26.9 Å². The average Bonchev–Trinajstić information content (AvgIpc) is 2.77. The molecular formula is C24H21Cl2N3O2. The monoisotopic (exact) mass is 453 g/mol. The van der Waals surface area contributed by atoms with Crippen molar-refractivity contribution in [2.75, 3.05) is 17.3 Å². The third kappa shape index (κ3) is 4.59. The van der Waals surface area contributed by atoms with Gasteiger partial charge in [-0.3, -0.25) is 19.8 Å². The fraction of sp³-hybridized carbons (Fsp3) is 0.167. The quantitative estimate of drug-likeness (QED) is 0.556. The largest absolute Gasteiger partial charge is 0.322 e. The van der Waals surface area contributed by atoms with Gasteiger partial charge in [-0.25, -0.2) is 0 Å². The Bertz CT molecular complexity index is 1110. The molecule has 3 aromatic carbocycles. The van der Waals surface area contributed by atoms with Crippen LogP contribution in [0.1, 0.15) is 32.7 Å². The van der Waals surface area contributed by atoms with Crippen molar-refractivity contribution < 1.29 is 9.59 Å². The maximum absolute atomic E-state index is 13.3. The lowest BCUT2D eigenvalue weighted by Gasteiger charge is -2.37. The van der Waals surface area contributed by atoms with Crippen LogP contribution in [0.4, 0.5) is 11.4 Å². The molecule has 1 aliphatic rings. The SMILES string of the molecule is CNC1CCc2ccccc2N1C(=O)c1ccc(NC(=O)c2cc(Cl)cc(Cl)c2)cc1. The number of anilines is 2. The Labute approximate surface area is 191 Å². The molecule has 0 aromatic heterocycles. The van der Waals surface area contributed by atoms with Crippen LogP contribution in [-0.4, -0.2) is 25.0 Å². The molecule has 4 rings (SSSR count). The highest BCUT2D eigenvalue weighted by Crippen LogP contribution is 2.31. The zero-order valence-corrected chi connectivity index (χ0v) is 18.4. The summed E-state index contributed by atoms with van der Waals surface area (Å²) >= 11 is 11.9. The number of hydrogen-bond donors (Lipinski definition) is 2. The molecule has 1 heterocycles. The number of benzene rings is 3. The Morgan fingerprint density at radius 1 is 0.935 bits per heavy atom. The summed E-state index contributed by atoms with van der Waals surface area (Å²) in [6.45, 7) is 0. The molecule has 0 saturated heterocycles. The Morgan fingerprint density at radius 2 is 1.61 bits per heavy atom. The van der Waals surface area contributed by atoms with Crippen molar-refractivity contribution in [2.24, 2.45) is 0 Å². The van der Waals surface area contributed by atoms with Crippen molar-refractivity contribution in [1.29, 1.82) is 0 Å². The fourth-order valence-corrected chi connectivity index (χ4v) is 4.32. The number of para-hydroxylation sites is 1. The van der Waals surface area contributed by atoms with E-state index in [1.807, 2.05) is 25.2 Å². The van der Waals surface area contributed by atoms with Gasteiger partial charge in [0.2, 0.25) is 0 Å². The number of carbonyl (C=O) groups excluding carboxylic acids is 2. The highest BCUT2D eigenvalue weighted by atomic mass is 35.5. The Morgan fingerprint density at radius 3 is 2.29 bits per heavy atom. The second-order valence-electron chi connectivity index (χ2n) is 7.34. The van der Waals surface area contributed by atoms with Gasteiger partial charge in [0.1, 0.15) is 0 Å². The van der Waals surface area contributed by atoms with Crippen LogP contribution >= 0.6 is 23.2 Å². The molecule has 1 unspecified atom stereocenters. The second kappa shape index (κ2) is 9.10. The van der Waals surface area contributed by atoms with E-state index >= 15 is 0 Å². The van der Waals surface area contributed by atoms with Gasteiger partial charge in [-0.2, -0.15) is 0 Å². The van der Waals surface area contributed by atoms with E-state index in [0.717, 1.165) is 24.1 Å². The van der Waals surface area contributed by atoms with Crippen LogP contribution in [0, 0.1) is 0 Å². The normalized spacial score (nSPS) is 15.3. The molecule has 0 aliphatic carbocycles. The van der Waals surface area contributed by atoms with Crippen molar-refractivity contribution in [1.82, 2.24) is 5.32 Å². The van der Waals surface area contributed by atoms with Gasteiger partial charge < -0.3 is 5.32 Å². The summed E-state index contributed by atoms with van der Waals surface area (Å²) in [7, 11) is 1.86. The van der Waals surface area contributed by atoms with E-state index in [1.165, 1.54) is 0 Å². The summed E-state index contributed by atoms with van der Waals surface area (Å²) in [5.41, 5.74) is 3.56. The summed E-state index contributed by atoms with van der Waals surface area (Å²) in [6, 6.07) is 19.5. The molecule has 0 spiro atoms. The number of aryl methyl sites for hydroxylation is 1. The van der Waals surface area contributed by atoms with Gasteiger partial charge in [-0.1, -0.05) is 41.4 Å². The molecule has 0 radical (unpaired) electrons. The zero-order chi connectivity index (χ0) is 22.0. The molecule has 5 nitrogen and oxygen atoms in total. The second-order valence-corrected chi connectivity index (χ2v) is 8.21. The van der Waals surface area contributed by atoms with E-state index in [4.69, 9.17) is 23.2 Å². The van der Waals surface area contributed by atoms with Gasteiger partial charge in [0.15, 0.2) is 0 Å². The standard InChI is InChI=1S/C24H21Cl2N3O2/c1-27-22-11-8-15-4-2-3-5-21(15)29(22)24(31)16-6-9-20(10-7-16)28-23(30)17-12-18(25)14-19(26)13-17/h2-7,9-10,12-14,22,27H,8,11H2,1H3,(H,28,30). The summed E-state index contributed by atoms with van der Waals surface area (Å²) in [5, 5.41) is 6.81. The first kappa shape index (κ1) is 21.4. The Hall–Kier alpha value is -2.86. The number of nitrogens with one attached hydrogen (secondary N) is 2. The van der Waals surface area contributed by atoms with Crippen LogP contribution in [0.15, 0.2) is 66.7 Å². The Kier molecular flexibility index (Phi) is 6.28. The molecule has 0 fully saturated rings. The molecule has 1 aliphatic heterocycles. The van der Waals surface area contributed by atoms with Gasteiger partial charge in [0.05, 0.1) is 6.17 Å². The van der Waals surface area contributed by atoms with Gasteiger partial charge in [0.25, 0.3) is 11.8 Å². The van der Waals surface area contributed by atoms with Crippen molar-refractivity contribution in [3.63, 3.8) is 0 Å². The van der Waals surface area contributed by atoms with Crippen molar-refractivity contribution in [2.45, 2.75) is 19.0 Å². The molecule has 2 N–H and O–H groups in total. The molecule has 3 aromatic rings. The van der Waals surface area contributed by atoms with Crippen LogP contribution in [0.25, 0.3) is 0 Å². The lowest BCUT2D eigenvalue weighted by Crippen LogP contribution is -2.50. The van der Waals surface area contributed by atoms with Gasteiger partial charge in [0, 0.05) is 32.5 Å². The number of amides is 2. The van der Waals surface area contributed by atoms with Crippen LogP contribution in [0.3, 0.4) is 0 Å². The molecule has 1 atom stereocenters. The molecule has 0 bridgehead atoms. The van der Waals surface area contributed by atoms with E-state index in [9.17, 15) is 9.59 Å². The minimum atomic E-state index is -0.330. The van der Waals surface area contributed by atoms with Gasteiger partial charge >= 0.3 is 0 Å². The van der Waals surface area contributed by atoms with E-state index in [1.54, 1.807) is 47.4 Å². The van der Waals surface area contributed by atoms with Crippen LogP contribution in [0.2, 0.25) is 10.0 Å². The first-order valence-electron chi connectivity index (χ1n) is 9.92. The third-order valence-electron chi connectivity index (χ3n) is 5.32. The number of fused-ring (bicyclic) bond motifs is 1. The van der Waals surface area contributed by atoms with Crippen molar-refractivity contribution in [3.05, 3.63) is 93.5 Å². The topological polar surface area (TPSA) is 61.4 Å². The van der Waals surface area contributed by atoms with Crippen LogP contribution in [0.5, 0.6) is 0 Å². The number of carbonyl (C=O) groups is 2. The maximum atomic E-state index is 13.3. The van der Waals surface area contributed by atoms with Crippen LogP contribution < -0.4 is 15.5 Å². The first-order chi connectivity index (χ1) is 15.0. The van der Waals surface area contributed by atoms with Crippen LogP contribution in [-0.2, 0) is 6.42 Å². The predicted octanol–water partition coefficient (Wildman–Crippen LogP) is 5.38. The first-order valence-corrected chi connectivity index (χ1v) is 10.7. The zero-order valence-electron chi connectivity index (χ0n) is 16.9. The number of rotatable bonds is 4. The average molecular weight is 454 g/mol. The van der Waals surface area contributed by atoms with Gasteiger partial charge in [-0.05, 0) is 74.0 Å². The number of nitrogens with zero attached hydrogens (tertiary/aromatic N) is 1. The lowest BCUT2D eigenvalue weighted by atomic mass is 9.98.